The van der Waals surface area contributed by atoms with Gasteiger partial charge in [0.25, 0.3) is 0 Å². The molecule has 0 aliphatic carbocycles. The van der Waals surface area contributed by atoms with Gasteiger partial charge in [0, 0.05) is 30.6 Å². The zero-order valence-electron chi connectivity index (χ0n) is 17.9. The molecule has 1 amide bonds. The van der Waals surface area contributed by atoms with Crippen LogP contribution in [-0.2, 0) is 16.1 Å². The number of aromatic nitrogens is 2. The molecule has 6 nitrogen and oxygen atoms in total. The lowest BCUT2D eigenvalue weighted by atomic mass is 10.1. The molecule has 0 fully saturated rings. The molecule has 0 aliphatic rings. The third-order valence-corrected chi connectivity index (χ3v) is 4.95. The number of rotatable bonds is 7. The van der Waals surface area contributed by atoms with Crippen LogP contribution >= 0.6 is 0 Å². The van der Waals surface area contributed by atoms with Crippen molar-refractivity contribution in [2.45, 2.75) is 40.7 Å². The lowest BCUT2D eigenvalue weighted by Gasteiger charge is -2.13. The fraction of sp³-hybridized carbons (Fsp3) is 0.292. The third kappa shape index (κ3) is 4.95. The standard InChI is InChI=1S/C24H27N3O3/c1-5-30-24(29)20-15-21(19-8-6-16(2)7-9-19)27(18(20)4)13-11-23(28)26-22-14-17(3)10-12-25-22/h6-10,12,14-15H,5,11,13H2,1-4H3,(H,25,26,28). The first-order chi connectivity index (χ1) is 14.4. The summed E-state index contributed by atoms with van der Waals surface area (Å²) in [6, 6.07) is 13.7. The van der Waals surface area contributed by atoms with Gasteiger partial charge in [-0.2, -0.15) is 0 Å². The summed E-state index contributed by atoms with van der Waals surface area (Å²) in [5.74, 6) is 0.0551. The van der Waals surface area contributed by atoms with E-state index in [1.807, 2.05) is 67.8 Å². The van der Waals surface area contributed by atoms with Gasteiger partial charge in [0.2, 0.25) is 5.91 Å². The summed E-state index contributed by atoms with van der Waals surface area (Å²) in [5, 5.41) is 2.83. The lowest BCUT2D eigenvalue weighted by molar-refractivity contribution is -0.116. The Balaban J connectivity index is 1.85. The van der Waals surface area contributed by atoms with Crippen molar-refractivity contribution in [2.24, 2.45) is 0 Å². The molecule has 30 heavy (non-hydrogen) atoms. The Kier molecular flexibility index (Phi) is 6.67. The molecular formula is C24H27N3O3. The van der Waals surface area contributed by atoms with Crippen molar-refractivity contribution in [2.75, 3.05) is 11.9 Å². The SMILES string of the molecule is CCOC(=O)c1cc(-c2ccc(C)cc2)n(CCC(=O)Nc2cc(C)ccn2)c1C. The monoisotopic (exact) mass is 405 g/mol. The molecule has 0 bridgehead atoms. The molecule has 2 heterocycles. The highest BCUT2D eigenvalue weighted by atomic mass is 16.5. The maximum absolute atomic E-state index is 12.5. The van der Waals surface area contributed by atoms with Crippen molar-refractivity contribution >= 4 is 17.7 Å². The zero-order valence-corrected chi connectivity index (χ0v) is 17.9. The fourth-order valence-electron chi connectivity index (χ4n) is 3.34. The number of nitrogens with zero attached hydrogens (tertiary/aromatic N) is 2. The Bertz CT molecular complexity index is 1050. The summed E-state index contributed by atoms with van der Waals surface area (Å²) in [5.41, 5.74) is 5.36. The van der Waals surface area contributed by atoms with E-state index in [9.17, 15) is 9.59 Å². The Morgan fingerprint density at radius 1 is 1.03 bits per heavy atom. The second-order valence-electron chi connectivity index (χ2n) is 7.28. The van der Waals surface area contributed by atoms with Gasteiger partial charge in [-0.25, -0.2) is 9.78 Å². The summed E-state index contributed by atoms with van der Waals surface area (Å²) < 4.78 is 7.21. The minimum atomic E-state index is -0.351. The maximum Gasteiger partial charge on any atom is 0.339 e. The molecule has 2 aromatic heterocycles. The molecule has 3 aromatic rings. The average molecular weight is 405 g/mol. The second kappa shape index (κ2) is 9.39. The number of carbonyl (C=O) groups excluding carboxylic acids is 2. The van der Waals surface area contributed by atoms with E-state index in [1.165, 1.54) is 0 Å². The van der Waals surface area contributed by atoms with E-state index in [4.69, 9.17) is 4.74 Å². The number of pyridine rings is 1. The molecule has 6 heteroatoms. The molecule has 0 atom stereocenters. The molecule has 0 saturated heterocycles. The van der Waals surface area contributed by atoms with E-state index in [0.29, 0.717) is 24.5 Å². The Hall–Kier alpha value is -3.41. The van der Waals surface area contributed by atoms with Crippen LogP contribution in [0.25, 0.3) is 11.3 Å². The average Bonchev–Trinajstić information content (AvgIpc) is 3.03. The number of ether oxygens (including phenoxy) is 1. The Labute approximate surface area is 176 Å². The molecule has 1 N–H and O–H groups in total. The van der Waals surface area contributed by atoms with Crippen LogP contribution in [0.3, 0.4) is 0 Å². The van der Waals surface area contributed by atoms with Gasteiger partial charge in [0.15, 0.2) is 0 Å². The first kappa shape index (κ1) is 21.3. The first-order valence-electron chi connectivity index (χ1n) is 10.1. The maximum atomic E-state index is 12.5. The Morgan fingerprint density at radius 3 is 2.43 bits per heavy atom. The van der Waals surface area contributed by atoms with Crippen LogP contribution in [0.5, 0.6) is 0 Å². The van der Waals surface area contributed by atoms with Crippen LogP contribution in [0.15, 0.2) is 48.7 Å². The number of amides is 1. The van der Waals surface area contributed by atoms with E-state index >= 15 is 0 Å². The number of carbonyl (C=O) groups is 2. The molecular weight excluding hydrogens is 378 g/mol. The summed E-state index contributed by atoms with van der Waals surface area (Å²) in [4.78, 5) is 29.1. The van der Waals surface area contributed by atoms with E-state index in [-0.39, 0.29) is 18.3 Å². The van der Waals surface area contributed by atoms with Crippen molar-refractivity contribution in [1.29, 1.82) is 0 Å². The summed E-state index contributed by atoms with van der Waals surface area (Å²) >= 11 is 0. The Morgan fingerprint density at radius 2 is 1.77 bits per heavy atom. The summed E-state index contributed by atoms with van der Waals surface area (Å²) in [6.45, 7) is 8.40. The molecule has 0 saturated carbocycles. The molecule has 1 aromatic carbocycles. The molecule has 156 valence electrons. The smallest absolute Gasteiger partial charge is 0.339 e. The van der Waals surface area contributed by atoms with Crippen molar-refractivity contribution in [3.05, 3.63) is 71.0 Å². The van der Waals surface area contributed by atoms with Gasteiger partial charge < -0.3 is 14.6 Å². The number of hydrogen-bond acceptors (Lipinski definition) is 4. The van der Waals surface area contributed by atoms with Gasteiger partial charge in [-0.3, -0.25) is 4.79 Å². The van der Waals surface area contributed by atoms with Gasteiger partial charge in [0.05, 0.1) is 12.2 Å². The molecule has 0 unspecified atom stereocenters. The van der Waals surface area contributed by atoms with Crippen molar-refractivity contribution in [3.63, 3.8) is 0 Å². The van der Waals surface area contributed by atoms with Gasteiger partial charge in [-0.1, -0.05) is 29.8 Å². The lowest BCUT2D eigenvalue weighted by Crippen LogP contribution is -2.16. The minimum Gasteiger partial charge on any atom is -0.462 e. The predicted molar refractivity (Wildman–Crippen MR) is 118 cm³/mol. The molecule has 3 rings (SSSR count). The highest BCUT2D eigenvalue weighted by molar-refractivity contribution is 5.93. The largest absolute Gasteiger partial charge is 0.462 e. The number of benzene rings is 1. The summed E-state index contributed by atoms with van der Waals surface area (Å²) in [6.07, 6.45) is 1.93. The van der Waals surface area contributed by atoms with Crippen LogP contribution in [-0.4, -0.2) is 28.0 Å². The second-order valence-corrected chi connectivity index (χ2v) is 7.28. The van der Waals surface area contributed by atoms with Gasteiger partial charge in [0.1, 0.15) is 5.82 Å². The van der Waals surface area contributed by atoms with Crippen molar-refractivity contribution < 1.29 is 14.3 Å². The van der Waals surface area contributed by atoms with Gasteiger partial charge in [-0.15, -0.1) is 0 Å². The minimum absolute atomic E-state index is 0.131. The van der Waals surface area contributed by atoms with Crippen LogP contribution < -0.4 is 5.32 Å². The van der Waals surface area contributed by atoms with E-state index < -0.39 is 0 Å². The van der Waals surface area contributed by atoms with Crippen LogP contribution in [0.2, 0.25) is 0 Å². The number of nitrogens with one attached hydrogen (secondary N) is 1. The van der Waals surface area contributed by atoms with E-state index in [1.54, 1.807) is 13.1 Å². The molecule has 0 spiro atoms. The van der Waals surface area contributed by atoms with Gasteiger partial charge in [-0.05, 0) is 57.0 Å². The number of hydrogen-bond donors (Lipinski definition) is 1. The normalized spacial score (nSPS) is 10.7. The van der Waals surface area contributed by atoms with Crippen molar-refractivity contribution in [3.8, 4) is 11.3 Å². The highest BCUT2D eigenvalue weighted by Gasteiger charge is 2.20. The third-order valence-electron chi connectivity index (χ3n) is 4.95. The first-order valence-corrected chi connectivity index (χ1v) is 10.1. The quantitative estimate of drug-likeness (QED) is 0.579. The van der Waals surface area contributed by atoms with Crippen LogP contribution in [0.4, 0.5) is 5.82 Å². The molecule has 0 aliphatic heterocycles. The highest BCUT2D eigenvalue weighted by Crippen LogP contribution is 2.27. The fourth-order valence-corrected chi connectivity index (χ4v) is 3.34. The number of aryl methyl sites for hydroxylation is 2. The number of esters is 1. The predicted octanol–water partition coefficient (Wildman–Crippen LogP) is 4.68. The van der Waals surface area contributed by atoms with Gasteiger partial charge >= 0.3 is 5.97 Å². The summed E-state index contributed by atoms with van der Waals surface area (Å²) in [7, 11) is 0. The van der Waals surface area contributed by atoms with Crippen molar-refractivity contribution in [1.82, 2.24) is 9.55 Å². The van der Waals surface area contributed by atoms with E-state index in [0.717, 1.165) is 28.1 Å². The van der Waals surface area contributed by atoms with Crippen LogP contribution in [0, 0.1) is 20.8 Å². The van der Waals surface area contributed by atoms with Crippen LogP contribution in [0.1, 0.15) is 40.5 Å². The molecule has 0 radical (unpaired) electrons. The topological polar surface area (TPSA) is 73.2 Å². The van der Waals surface area contributed by atoms with E-state index in [2.05, 4.69) is 10.3 Å². The number of anilines is 1. The zero-order chi connectivity index (χ0) is 21.7.